The van der Waals surface area contributed by atoms with Gasteiger partial charge in [0.2, 0.25) is 5.91 Å². The molecule has 0 saturated carbocycles. The third-order valence-corrected chi connectivity index (χ3v) is 7.83. The van der Waals surface area contributed by atoms with Crippen molar-refractivity contribution in [1.29, 1.82) is 0 Å². The Bertz CT molecular complexity index is 1790. The maximum absolute atomic E-state index is 13.3. The van der Waals surface area contributed by atoms with Gasteiger partial charge >= 0.3 is 0 Å². The van der Waals surface area contributed by atoms with Gasteiger partial charge in [-0.1, -0.05) is 48.2 Å². The number of nitrogens with one attached hydrogen (secondary N) is 1. The Labute approximate surface area is 235 Å². The van der Waals surface area contributed by atoms with E-state index in [1.165, 1.54) is 11.8 Å². The zero-order valence-electron chi connectivity index (χ0n) is 21.9. The molecule has 7 nitrogen and oxygen atoms in total. The van der Waals surface area contributed by atoms with Crippen LogP contribution in [0.5, 0.6) is 5.75 Å². The summed E-state index contributed by atoms with van der Waals surface area (Å²) in [5, 5.41) is 3.08. The van der Waals surface area contributed by atoms with E-state index in [0.29, 0.717) is 39.7 Å². The maximum Gasteiger partial charge on any atom is 0.237 e. The van der Waals surface area contributed by atoms with Gasteiger partial charge in [-0.3, -0.25) is 19.0 Å². The number of carbonyl (C=O) groups excluding carboxylic acids is 3. The predicted octanol–water partition coefficient (Wildman–Crippen LogP) is 6.32. The van der Waals surface area contributed by atoms with Gasteiger partial charge in [0.15, 0.2) is 16.7 Å². The van der Waals surface area contributed by atoms with Crippen LogP contribution >= 0.6 is 11.8 Å². The molecule has 8 heteroatoms. The van der Waals surface area contributed by atoms with E-state index >= 15 is 0 Å². The smallest absolute Gasteiger partial charge is 0.237 e. The van der Waals surface area contributed by atoms with Crippen LogP contribution in [0.15, 0.2) is 96.2 Å². The Kier molecular flexibility index (Phi) is 6.69. The van der Waals surface area contributed by atoms with E-state index in [0.717, 1.165) is 22.5 Å². The van der Waals surface area contributed by atoms with Gasteiger partial charge in [0.05, 0.1) is 22.9 Å². The highest BCUT2D eigenvalue weighted by atomic mass is 32.2. The Morgan fingerprint density at radius 3 is 2.25 bits per heavy atom. The second-order valence-corrected chi connectivity index (χ2v) is 10.7. The largest absolute Gasteiger partial charge is 0.494 e. The van der Waals surface area contributed by atoms with E-state index in [-0.39, 0.29) is 17.5 Å². The molecule has 40 heavy (non-hydrogen) atoms. The van der Waals surface area contributed by atoms with Crippen LogP contribution in [0.3, 0.4) is 0 Å². The fourth-order valence-electron chi connectivity index (χ4n) is 4.82. The van der Waals surface area contributed by atoms with Gasteiger partial charge in [-0.05, 0) is 68.4 Å². The highest BCUT2D eigenvalue weighted by Gasteiger charge is 2.30. The highest BCUT2D eigenvalue weighted by Crippen LogP contribution is 2.33. The number of anilines is 1. The zero-order valence-corrected chi connectivity index (χ0v) is 22.7. The minimum atomic E-state index is -0.507. The molecular weight excluding hydrogens is 522 g/mol. The van der Waals surface area contributed by atoms with Gasteiger partial charge in [-0.25, -0.2) is 4.98 Å². The monoisotopic (exact) mass is 547 g/mol. The van der Waals surface area contributed by atoms with Crippen LogP contribution in [0.1, 0.15) is 45.7 Å². The molecule has 1 aliphatic carbocycles. The number of nitrogens with zero attached hydrogens (tertiary/aromatic N) is 2. The number of ketones is 2. The molecule has 0 spiro atoms. The summed E-state index contributed by atoms with van der Waals surface area (Å²) in [6.07, 6.45) is 0. The Morgan fingerprint density at radius 2 is 1.52 bits per heavy atom. The molecular formula is C32H25N3O4S. The second-order valence-electron chi connectivity index (χ2n) is 9.36. The molecule has 1 atom stereocenters. The molecule has 5 aromatic rings. The highest BCUT2D eigenvalue weighted by molar-refractivity contribution is 8.00. The van der Waals surface area contributed by atoms with E-state index in [9.17, 15) is 14.4 Å². The van der Waals surface area contributed by atoms with Crippen LogP contribution in [0.2, 0.25) is 0 Å². The second kappa shape index (κ2) is 10.5. The van der Waals surface area contributed by atoms with Crippen molar-refractivity contribution in [3.05, 3.63) is 113 Å². The summed E-state index contributed by atoms with van der Waals surface area (Å²) in [5.41, 5.74) is 4.52. The lowest BCUT2D eigenvalue weighted by atomic mass is 9.84. The number of thioether (sulfide) groups is 1. The first-order chi connectivity index (χ1) is 19.4. The zero-order chi connectivity index (χ0) is 27.8. The third kappa shape index (κ3) is 4.56. The van der Waals surface area contributed by atoms with Gasteiger partial charge in [0.25, 0.3) is 0 Å². The van der Waals surface area contributed by atoms with Gasteiger partial charge < -0.3 is 10.1 Å². The number of rotatable bonds is 7. The number of imidazole rings is 1. The summed E-state index contributed by atoms with van der Waals surface area (Å²) >= 11 is 1.34. The fourth-order valence-corrected chi connectivity index (χ4v) is 5.77. The summed E-state index contributed by atoms with van der Waals surface area (Å²) < 4.78 is 7.62. The molecule has 4 aromatic carbocycles. The van der Waals surface area contributed by atoms with Crippen molar-refractivity contribution >= 4 is 46.0 Å². The summed E-state index contributed by atoms with van der Waals surface area (Å²) in [5.74, 6) is 0.115. The van der Waals surface area contributed by atoms with Crippen molar-refractivity contribution < 1.29 is 19.1 Å². The lowest BCUT2D eigenvalue weighted by Crippen LogP contribution is -2.24. The van der Waals surface area contributed by atoms with E-state index in [1.54, 1.807) is 42.5 Å². The average Bonchev–Trinajstić information content (AvgIpc) is 3.34. The summed E-state index contributed by atoms with van der Waals surface area (Å²) in [7, 11) is 0. The number of para-hydroxylation sites is 2. The number of amides is 1. The van der Waals surface area contributed by atoms with Crippen LogP contribution in [0.4, 0.5) is 5.69 Å². The van der Waals surface area contributed by atoms with E-state index in [4.69, 9.17) is 9.72 Å². The molecule has 1 amide bonds. The van der Waals surface area contributed by atoms with Crippen molar-refractivity contribution in [2.45, 2.75) is 24.3 Å². The van der Waals surface area contributed by atoms with E-state index in [2.05, 4.69) is 5.32 Å². The first-order valence-corrected chi connectivity index (χ1v) is 13.8. The SMILES string of the molecule is CCOc1ccc(-n2c(S[C@@H](C)C(=O)Nc3ccc4c(c3)C(=O)c3ccccc3C4=O)nc3ccccc32)cc1. The van der Waals surface area contributed by atoms with Crippen LogP contribution in [-0.2, 0) is 4.79 Å². The lowest BCUT2D eigenvalue weighted by molar-refractivity contribution is -0.115. The standard InChI is InChI=1S/C32H25N3O4S/c1-3-39-22-15-13-21(14-16-22)35-28-11-7-6-10-27(28)34-32(35)40-19(2)31(38)33-20-12-17-25-26(18-20)30(37)24-9-5-4-8-23(24)29(25)36/h4-19H,3H2,1-2H3,(H,33,38)/t19-/m0/s1. The van der Waals surface area contributed by atoms with E-state index in [1.807, 2.05) is 66.9 Å². The molecule has 0 fully saturated rings. The van der Waals surface area contributed by atoms with Crippen molar-refractivity contribution in [2.24, 2.45) is 0 Å². The quantitative estimate of drug-likeness (QED) is 0.235. The number of ether oxygens (including phenoxy) is 1. The van der Waals surface area contributed by atoms with Crippen molar-refractivity contribution in [3.8, 4) is 11.4 Å². The van der Waals surface area contributed by atoms with Crippen molar-refractivity contribution in [3.63, 3.8) is 0 Å². The minimum absolute atomic E-state index is 0.194. The van der Waals surface area contributed by atoms with Crippen LogP contribution in [0, 0.1) is 0 Å². The first kappa shape index (κ1) is 25.6. The number of hydrogen-bond donors (Lipinski definition) is 1. The van der Waals surface area contributed by atoms with Crippen LogP contribution in [-0.4, -0.2) is 38.9 Å². The average molecular weight is 548 g/mol. The molecule has 0 unspecified atom stereocenters. The molecule has 1 aromatic heterocycles. The van der Waals surface area contributed by atoms with Gasteiger partial charge in [-0.2, -0.15) is 0 Å². The number of hydrogen-bond acceptors (Lipinski definition) is 6. The first-order valence-electron chi connectivity index (χ1n) is 13.0. The number of carbonyl (C=O) groups is 3. The third-order valence-electron chi connectivity index (χ3n) is 6.78. The lowest BCUT2D eigenvalue weighted by Gasteiger charge is -2.19. The number of benzene rings is 4. The predicted molar refractivity (Wildman–Crippen MR) is 156 cm³/mol. The van der Waals surface area contributed by atoms with Gasteiger partial charge in [-0.15, -0.1) is 0 Å². The summed E-state index contributed by atoms with van der Waals surface area (Å²) in [4.78, 5) is 44.1. The Morgan fingerprint density at radius 1 is 0.875 bits per heavy atom. The molecule has 6 rings (SSSR count). The van der Waals surface area contributed by atoms with Crippen LogP contribution in [0.25, 0.3) is 16.7 Å². The fraction of sp³-hybridized carbons (Fsp3) is 0.125. The van der Waals surface area contributed by atoms with Gasteiger partial charge in [0.1, 0.15) is 5.75 Å². The topological polar surface area (TPSA) is 90.3 Å². The summed E-state index contributed by atoms with van der Waals surface area (Å²) in [6.45, 7) is 4.34. The summed E-state index contributed by atoms with van der Waals surface area (Å²) in [6, 6.07) is 27.2. The molecule has 1 N–H and O–H groups in total. The van der Waals surface area contributed by atoms with Gasteiger partial charge in [0, 0.05) is 33.6 Å². The minimum Gasteiger partial charge on any atom is -0.494 e. The molecule has 0 saturated heterocycles. The number of fused-ring (bicyclic) bond motifs is 3. The molecule has 0 radical (unpaired) electrons. The molecule has 1 heterocycles. The molecule has 0 bridgehead atoms. The molecule has 198 valence electrons. The van der Waals surface area contributed by atoms with Crippen molar-refractivity contribution in [2.75, 3.05) is 11.9 Å². The normalized spacial score (nSPS) is 13.1. The maximum atomic E-state index is 13.3. The Hall–Kier alpha value is -4.69. The molecule has 1 aliphatic rings. The number of aromatic nitrogens is 2. The van der Waals surface area contributed by atoms with E-state index < -0.39 is 5.25 Å². The Balaban J connectivity index is 1.25. The molecule has 0 aliphatic heterocycles. The van der Waals surface area contributed by atoms with Crippen LogP contribution < -0.4 is 10.1 Å². The van der Waals surface area contributed by atoms with Crippen molar-refractivity contribution in [1.82, 2.24) is 9.55 Å².